The van der Waals surface area contributed by atoms with Crippen LogP contribution in [0.5, 0.6) is 5.75 Å². The Morgan fingerprint density at radius 3 is 2.18 bits per heavy atom. The van der Waals surface area contributed by atoms with Gasteiger partial charge in [-0.05, 0) is 75.9 Å². The summed E-state index contributed by atoms with van der Waals surface area (Å²) in [6.07, 6.45) is 8.95. The molecule has 0 radical (unpaired) electrons. The minimum Gasteiger partial charge on any atom is -0.507 e. The predicted octanol–water partition coefficient (Wildman–Crippen LogP) is 4.33. The fourth-order valence-corrected chi connectivity index (χ4v) is 4.65. The number of carboxylic acid groups (broad SMARTS) is 1. The monoisotopic (exact) mass is 449 g/mol. The molecule has 1 fully saturated rings. The van der Waals surface area contributed by atoms with E-state index in [9.17, 15) is 5.11 Å². The number of carbonyl (C=O) groups is 1. The van der Waals surface area contributed by atoms with Crippen LogP contribution in [0.15, 0.2) is 55.1 Å². The van der Waals surface area contributed by atoms with Crippen molar-refractivity contribution in [3.05, 3.63) is 55.1 Å². The fourth-order valence-electron chi connectivity index (χ4n) is 4.65. The smallest absolute Gasteiger partial charge is 0.290 e. The number of pyridine rings is 1. The number of aromatic nitrogens is 3. The maximum absolute atomic E-state index is 10.5. The number of phenolic OH excluding ortho intramolecular Hbond substituents is 1. The van der Waals surface area contributed by atoms with Gasteiger partial charge in [-0.2, -0.15) is 0 Å². The first kappa shape index (κ1) is 24.1. The molecule has 0 bridgehead atoms. The lowest BCUT2D eigenvalue weighted by molar-refractivity contribution is -0.122. The van der Waals surface area contributed by atoms with E-state index in [1.54, 1.807) is 30.9 Å². The topological polar surface area (TPSA) is 120 Å². The summed E-state index contributed by atoms with van der Waals surface area (Å²) in [6, 6.07) is 9.75. The van der Waals surface area contributed by atoms with Gasteiger partial charge in [0.15, 0.2) is 0 Å². The van der Waals surface area contributed by atoms with Gasteiger partial charge in [0.1, 0.15) is 11.6 Å². The molecule has 0 saturated carbocycles. The average Bonchev–Trinajstić information content (AvgIpc) is 2.73. The molecular formula is C25H31N5O3. The zero-order valence-electron chi connectivity index (χ0n) is 19.4. The van der Waals surface area contributed by atoms with Crippen molar-refractivity contribution < 1.29 is 15.0 Å². The molecule has 1 aliphatic rings. The number of hydrogen-bond acceptors (Lipinski definition) is 7. The van der Waals surface area contributed by atoms with Gasteiger partial charge in [0.2, 0.25) is 0 Å². The summed E-state index contributed by atoms with van der Waals surface area (Å²) in [6.45, 7) is 8.68. The van der Waals surface area contributed by atoms with Gasteiger partial charge in [0.25, 0.3) is 6.47 Å². The summed E-state index contributed by atoms with van der Waals surface area (Å²) in [5, 5.41) is 24.7. The minimum atomic E-state index is -0.250. The van der Waals surface area contributed by atoms with E-state index in [1.165, 1.54) is 0 Å². The van der Waals surface area contributed by atoms with Crippen LogP contribution in [0.1, 0.15) is 40.5 Å². The molecular weight excluding hydrogens is 418 g/mol. The van der Waals surface area contributed by atoms with Crippen molar-refractivity contribution in [2.75, 3.05) is 5.32 Å². The molecule has 3 aromatic rings. The lowest BCUT2D eigenvalue weighted by Crippen LogP contribution is -2.60. The molecule has 1 saturated heterocycles. The van der Waals surface area contributed by atoms with Crippen molar-refractivity contribution in [3.63, 3.8) is 0 Å². The second kappa shape index (κ2) is 9.95. The SMILES string of the molecule is CC1(C)CC(Nc2cnc(-c3ccc(-c4ccncc4)cc3O)cn2)CC(C)(C)N1.O=CO. The van der Waals surface area contributed by atoms with Gasteiger partial charge in [-0.15, -0.1) is 0 Å². The van der Waals surface area contributed by atoms with Gasteiger partial charge in [0, 0.05) is 35.1 Å². The Morgan fingerprint density at radius 1 is 1.00 bits per heavy atom. The molecule has 1 aromatic carbocycles. The van der Waals surface area contributed by atoms with Gasteiger partial charge in [-0.3, -0.25) is 14.8 Å². The summed E-state index contributed by atoms with van der Waals surface area (Å²) in [5.41, 5.74) is 3.37. The number of anilines is 1. The number of benzene rings is 1. The molecule has 4 N–H and O–H groups in total. The van der Waals surface area contributed by atoms with E-state index in [0.717, 1.165) is 29.8 Å². The maximum Gasteiger partial charge on any atom is 0.290 e. The van der Waals surface area contributed by atoms with Gasteiger partial charge >= 0.3 is 0 Å². The van der Waals surface area contributed by atoms with Crippen LogP contribution in [0.25, 0.3) is 22.4 Å². The van der Waals surface area contributed by atoms with Crippen molar-refractivity contribution >= 4 is 12.3 Å². The second-order valence-electron chi connectivity index (χ2n) is 9.50. The van der Waals surface area contributed by atoms with E-state index in [2.05, 4.69) is 53.3 Å². The molecule has 8 nitrogen and oxygen atoms in total. The third kappa shape index (κ3) is 6.49. The summed E-state index contributed by atoms with van der Waals surface area (Å²) in [7, 11) is 0. The fraction of sp³-hybridized carbons (Fsp3) is 0.360. The van der Waals surface area contributed by atoms with Crippen molar-refractivity contribution in [2.45, 2.75) is 57.7 Å². The number of piperidine rings is 1. The molecule has 2 aromatic heterocycles. The molecule has 8 heteroatoms. The summed E-state index contributed by atoms with van der Waals surface area (Å²) in [4.78, 5) is 21.5. The molecule has 0 aliphatic carbocycles. The molecule has 3 heterocycles. The van der Waals surface area contributed by atoms with E-state index < -0.39 is 0 Å². The van der Waals surface area contributed by atoms with E-state index in [-0.39, 0.29) is 23.3 Å². The molecule has 33 heavy (non-hydrogen) atoms. The Kier molecular flexibility index (Phi) is 7.28. The molecule has 174 valence electrons. The van der Waals surface area contributed by atoms with Crippen molar-refractivity contribution in [1.82, 2.24) is 20.3 Å². The molecule has 4 rings (SSSR count). The lowest BCUT2D eigenvalue weighted by atomic mass is 9.79. The van der Waals surface area contributed by atoms with E-state index >= 15 is 0 Å². The minimum absolute atomic E-state index is 0.0646. The third-order valence-electron chi connectivity index (χ3n) is 5.48. The molecule has 0 spiro atoms. The van der Waals surface area contributed by atoms with Crippen molar-refractivity contribution in [1.29, 1.82) is 0 Å². The third-order valence-corrected chi connectivity index (χ3v) is 5.48. The summed E-state index contributed by atoms with van der Waals surface area (Å²) in [5.74, 6) is 0.936. The van der Waals surface area contributed by atoms with Crippen molar-refractivity contribution in [2.24, 2.45) is 0 Å². The highest BCUT2D eigenvalue weighted by atomic mass is 16.3. The summed E-state index contributed by atoms with van der Waals surface area (Å²) >= 11 is 0. The standard InChI is InChI=1S/C24H29N5O.CH2O2/c1-23(2)12-18(13-24(3,4)29-23)28-22-15-26-20(14-27-22)19-6-5-17(11-21(19)30)16-7-9-25-10-8-16;2-1-3/h5-11,14-15,18,29-30H,12-13H2,1-4H3,(H,27,28);1H,(H,2,3). The predicted molar refractivity (Wildman–Crippen MR) is 129 cm³/mol. The van der Waals surface area contributed by atoms with Crippen molar-refractivity contribution in [3.8, 4) is 28.1 Å². The first-order chi connectivity index (χ1) is 15.6. The number of nitrogens with one attached hydrogen (secondary N) is 2. The van der Waals surface area contributed by atoms with Crippen LogP contribution in [-0.2, 0) is 4.79 Å². The zero-order valence-corrected chi connectivity index (χ0v) is 19.4. The van der Waals surface area contributed by atoms with Gasteiger partial charge in [0.05, 0.1) is 18.1 Å². The quantitative estimate of drug-likeness (QED) is 0.434. The Bertz CT molecular complexity index is 1050. The largest absolute Gasteiger partial charge is 0.507 e. The number of aromatic hydroxyl groups is 1. The number of hydrogen-bond donors (Lipinski definition) is 4. The van der Waals surface area contributed by atoms with Crippen LogP contribution in [-0.4, -0.2) is 48.8 Å². The van der Waals surface area contributed by atoms with E-state index in [0.29, 0.717) is 17.3 Å². The first-order valence-electron chi connectivity index (χ1n) is 10.8. The Balaban J connectivity index is 0.000000968. The molecule has 0 unspecified atom stereocenters. The normalized spacial score (nSPS) is 16.8. The molecule has 0 atom stereocenters. The van der Waals surface area contributed by atoms with Crippen LogP contribution in [0, 0.1) is 0 Å². The highest BCUT2D eigenvalue weighted by Gasteiger charge is 2.37. The van der Waals surface area contributed by atoms with Crippen LogP contribution in [0.2, 0.25) is 0 Å². The Morgan fingerprint density at radius 2 is 1.64 bits per heavy atom. The Labute approximate surface area is 194 Å². The van der Waals surface area contributed by atoms with Gasteiger partial charge < -0.3 is 20.8 Å². The van der Waals surface area contributed by atoms with Gasteiger partial charge in [-0.1, -0.05) is 6.07 Å². The number of nitrogens with zero attached hydrogens (tertiary/aromatic N) is 3. The highest BCUT2D eigenvalue weighted by molar-refractivity contribution is 5.74. The first-order valence-corrected chi connectivity index (χ1v) is 10.8. The highest BCUT2D eigenvalue weighted by Crippen LogP contribution is 2.33. The zero-order chi connectivity index (χ0) is 24.1. The second-order valence-corrected chi connectivity index (χ2v) is 9.50. The van der Waals surface area contributed by atoms with Crippen LogP contribution in [0.4, 0.5) is 5.82 Å². The maximum atomic E-state index is 10.5. The van der Waals surface area contributed by atoms with E-state index in [4.69, 9.17) is 9.90 Å². The van der Waals surface area contributed by atoms with Crippen LogP contribution < -0.4 is 10.6 Å². The van der Waals surface area contributed by atoms with Crippen LogP contribution in [0.3, 0.4) is 0 Å². The molecule has 1 aliphatic heterocycles. The van der Waals surface area contributed by atoms with Crippen LogP contribution >= 0.6 is 0 Å². The number of rotatable bonds is 4. The van der Waals surface area contributed by atoms with E-state index in [1.807, 2.05) is 24.3 Å². The summed E-state index contributed by atoms with van der Waals surface area (Å²) < 4.78 is 0. The lowest BCUT2D eigenvalue weighted by Gasteiger charge is -2.46. The average molecular weight is 450 g/mol. The number of phenols is 1. The van der Waals surface area contributed by atoms with Gasteiger partial charge in [-0.25, -0.2) is 4.98 Å². The molecule has 0 amide bonds. The Hall–Kier alpha value is -3.52.